The minimum absolute atomic E-state index is 0.0349. The van der Waals surface area contributed by atoms with E-state index in [1.807, 2.05) is 4.90 Å². The number of benzene rings is 1. The van der Waals surface area contributed by atoms with Gasteiger partial charge in [0.2, 0.25) is 5.95 Å². The van der Waals surface area contributed by atoms with Gasteiger partial charge in [-0.2, -0.15) is 39.5 Å². The number of halogens is 9. The Kier molecular flexibility index (Phi) is 12.1. The highest BCUT2D eigenvalue weighted by Gasteiger charge is 2.44. The third kappa shape index (κ3) is 9.61. The molecule has 0 saturated carbocycles. The molecule has 1 saturated heterocycles. The Bertz CT molecular complexity index is 1750. The van der Waals surface area contributed by atoms with Crippen molar-refractivity contribution in [2.24, 2.45) is 0 Å². The van der Waals surface area contributed by atoms with Crippen molar-refractivity contribution in [2.75, 3.05) is 47.6 Å². The van der Waals surface area contributed by atoms with Gasteiger partial charge in [-0.1, -0.05) is 6.92 Å². The number of rotatable bonds is 11. The van der Waals surface area contributed by atoms with Crippen LogP contribution < -0.4 is 14.7 Å². The number of carboxylic acids is 1. The minimum Gasteiger partial charge on any atom is -0.481 e. The highest BCUT2D eigenvalue weighted by atomic mass is 19.4. The average Bonchev–Trinajstić information content (AvgIpc) is 3.12. The molecular formula is C34H35F9N6O5. The normalized spacial score (nSPS) is 18.0. The van der Waals surface area contributed by atoms with Crippen LogP contribution in [0.25, 0.3) is 0 Å². The maximum absolute atomic E-state index is 14.1. The molecule has 1 fully saturated rings. The Hall–Kier alpha value is -4.88. The van der Waals surface area contributed by atoms with Crippen LogP contribution >= 0.6 is 0 Å². The Morgan fingerprint density at radius 1 is 0.926 bits per heavy atom. The van der Waals surface area contributed by atoms with Crippen molar-refractivity contribution in [3.05, 3.63) is 70.8 Å². The molecule has 0 radical (unpaired) electrons. The smallest absolute Gasteiger partial charge is 0.433 e. The van der Waals surface area contributed by atoms with Gasteiger partial charge >= 0.3 is 30.6 Å². The van der Waals surface area contributed by atoms with Crippen molar-refractivity contribution < 1.29 is 63.7 Å². The highest BCUT2D eigenvalue weighted by Crippen LogP contribution is 2.45. The van der Waals surface area contributed by atoms with E-state index in [1.54, 1.807) is 6.92 Å². The van der Waals surface area contributed by atoms with Crippen molar-refractivity contribution in [3.8, 4) is 0 Å². The van der Waals surface area contributed by atoms with Gasteiger partial charge in [-0.15, -0.1) is 0 Å². The second-order valence-electron chi connectivity index (χ2n) is 12.6. The predicted molar refractivity (Wildman–Crippen MR) is 174 cm³/mol. The van der Waals surface area contributed by atoms with Crippen molar-refractivity contribution in [1.29, 1.82) is 0 Å². The van der Waals surface area contributed by atoms with Gasteiger partial charge in [0.05, 0.1) is 66.5 Å². The zero-order valence-electron chi connectivity index (χ0n) is 28.6. The first-order valence-corrected chi connectivity index (χ1v) is 16.8. The number of aromatic nitrogens is 3. The number of carboxylic acid groups (broad SMARTS) is 1. The molecular weight excluding hydrogens is 743 g/mol. The standard InChI is InChI=1S/C34H35F9N6O5/c1-2-23-16-26(29-25(6-7-27(46-29)34(41,42)43)49(23)31(52)54-10-4-3-5-28(50)51)48(30-44-17-24(18-45-30)47-8-11-53-12-9-47)19-20-13-21(32(35,36)37)15-22(14-20)33(38,39)40/h6-7,13-15,17-18,23,26H,2-5,8-12,16,19H2,1H3,(H,50,51)/t23-,26?/m1/s1. The van der Waals surface area contributed by atoms with Crippen LogP contribution in [0.5, 0.6) is 0 Å². The maximum atomic E-state index is 14.1. The molecule has 1 unspecified atom stereocenters. The van der Waals surface area contributed by atoms with Gasteiger partial charge in [0.25, 0.3) is 0 Å². The van der Waals surface area contributed by atoms with E-state index in [4.69, 9.17) is 14.6 Å². The fraction of sp³-hybridized carbons (Fsp3) is 0.500. The summed E-state index contributed by atoms with van der Waals surface area (Å²) in [5, 5.41) is 8.88. The van der Waals surface area contributed by atoms with Gasteiger partial charge in [0, 0.05) is 32.1 Å². The molecule has 5 rings (SSSR count). The number of alkyl halides is 9. The van der Waals surface area contributed by atoms with Crippen molar-refractivity contribution >= 4 is 29.4 Å². The molecule has 2 aliphatic heterocycles. The summed E-state index contributed by atoms with van der Waals surface area (Å²) >= 11 is 0. The second-order valence-corrected chi connectivity index (χ2v) is 12.6. The van der Waals surface area contributed by atoms with Crippen LogP contribution in [0.15, 0.2) is 42.7 Å². The minimum atomic E-state index is -5.18. The molecule has 1 N–H and O–H groups in total. The monoisotopic (exact) mass is 778 g/mol. The lowest BCUT2D eigenvalue weighted by Gasteiger charge is -2.43. The average molecular weight is 779 g/mol. The topological polar surface area (TPSA) is 121 Å². The first-order valence-electron chi connectivity index (χ1n) is 16.8. The molecule has 11 nitrogen and oxygen atoms in total. The summed E-state index contributed by atoms with van der Waals surface area (Å²) < 4.78 is 136. The van der Waals surface area contributed by atoms with Gasteiger partial charge in [0.1, 0.15) is 5.69 Å². The summed E-state index contributed by atoms with van der Waals surface area (Å²) in [7, 11) is 0. The molecule has 54 heavy (non-hydrogen) atoms. The summed E-state index contributed by atoms with van der Waals surface area (Å²) in [6, 6.07) is 0.490. The number of amides is 1. The lowest BCUT2D eigenvalue weighted by molar-refractivity contribution is -0.143. The van der Waals surface area contributed by atoms with Crippen LogP contribution in [0, 0.1) is 0 Å². The largest absolute Gasteiger partial charge is 0.481 e. The van der Waals surface area contributed by atoms with E-state index in [0.29, 0.717) is 50.2 Å². The summed E-state index contributed by atoms with van der Waals surface area (Å²) in [4.78, 5) is 41.1. The first-order chi connectivity index (χ1) is 25.4. The number of morpholine rings is 1. The molecule has 0 spiro atoms. The summed E-state index contributed by atoms with van der Waals surface area (Å²) in [5.41, 5.74) is -5.06. The number of carbonyl (C=O) groups excluding carboxylic acids is 1. The number of nitrogens with zero attached hydrogens (tertiary/aromatic N) is 6. The Balaban J connectivity index is 1.63. The molecule has 294 valence electrons. The number of hydrogen-bond acceptors (Lipinski definition) is 9. The molecule has 4 heterocycles. The third-order valence-electron chi connectivity index (χ3n) is 8.94. The van der Waals surface area contributed by atoms with E-state index in [0.717, 1.165) is 11.0 Å². The van der Waals surface area contributed by atoms with Gasteiger partial charge in [-0.25, -0.2) is 19.7 Å². The van der Waals surface area contributed by atoms with E-state index in [9.17, 15) is 49.1 Å². The molecule has 0 bridgehead atoms. The van der Waals surface area contributed by atoms with Crippen molar-refractivity contribution in [2.45, 2.75) is 76.2 Å². The van der Waals surface area contributed by atoms with E-state index in [-0.39, 0.29) is 62.1 Å². The molecule has 20 heteroatoms. The molecule has 2 aromatic heterocycles. The molecule has 1 amide bonds. The second kappa shape index (κ2) is 16.2. The number of aliphatic carboxylic acids is 1. The fourth-order valence-corrected chi connectivity index (χ4v) is 6.30. The Morgan fingerprint density at radius 2 is 1.56 bits per heavy atom. The number of fused-ring (bicyclic) bond motifs is 1. The quantitative estimate of drug-likeness (QED) is 0.152. The number of carbonyl (C=O) groups is 2. The SMILES string of the molecule is CC[C@@H]1CC(N(Cc2cc(C(F)(F)F)cc(C(F)(F)F)c2)c2ncc(N3CCOCC3)cn2)c2nc(C(F)(F)F)ccc2N1C(=O)OCCCCC(=O)O. The molecule has 0 aliphatic carbocycles. The van der Waals surface area contributed by atoms with Gasteiger partial charge in [0.15, 0.2) is 0 Å². The van der Waals surface area contributed by atoms with Gasteiger partial charge in [-0.3, -0.25) is 9.69 Å². The first kappa shape index (κ1) is 40.3. The van der Waals surface area contributed by atoms with E-state index in [2.05, 4.69) is 15.0 Å². The molecule has 2 atom stereocenters. The Labute approximate surface area is 302 Å². The van der Waals surface area contributed by atoms with Crippen LogP contribution in [-0.2, 0) is 39.3 Å². The molecule has 3 aromatic rings. The highest BCUT2D eigenvalue weighted by molar-refractivity contribution is 5.90. The van der Waals surface area contributed by atoms with Crippen LogP contribution in [0.1, 0.15) is 73.1 Å². The molecule has 1 aromatic carbocycles. The van der Waals surface area contributed by atoms with Crippen LogP contribution in [0.3, 0.4) is 0 Å². The van der Waals surface area contributed by atoms with Gasteiger partial charge in [-0.05, 0) is 61.6 Å². The van der Waals surface area contributed by atoms with Crippen molar-refractivity contribution in [3.63, 3.8) is 0 Å². The fourth-order valence-electron chi connectivity index (χ4n) is 6.30. The summed E-state index contributed by atoms with van der Waals surface area (Å²) in [6.07, 6.45) is -13.4. The maximum Gasteiger partial charge on any atom is 0.433 e. The zero-order chi connectivity index (χ0) is 39.4. The predicted octanol–water partition coefficient (Wildman–Crippen LogP) is 7.89. The Morgan fingerprint density at radius 3 is 2.11 bits per heavy atom. The number of ether oxygens (including phenoxy) is 2. The van der Waals surface area contributed by atoms with Gasteiger partial charge < -0.3 is 24.4 Å². The lowest BCUT2D eigenvalue weighted by Crippen LogP contribution is -2.48. The lowest BCUT2D eigenvalue weighted by atomic mass is 9.91. The van der Waals surface area contributed by atoms with E-state index >= 15 is 0 Å². The molecule has 2 aliphatic rings. The summed E-state index contributed by atoms with van der Waals surface area (Å²) in [6.45, 7) is 2.46. The number of pyridine rings is 1. The van der Waals surface area contributed by atoms with E-state index in [1.165, 1.54) is 17.3 Å². The van der Waals surface area contributed by atoms with Crippen LogP contribution in [-0.4, -0.2) is 71.1 Å². The summed E-state index contributed by atoms with van der Waals surface area (Å²) in [5.74, 6) is -1.30. The third-order valence-corrected chi connectivity index (χ3v) is 8.94. The van der Waals surface area contributed by atoms with Crippen LogP contribution in [0.2, 0.25) is 0 Å². The number of unbranched alkanes of at least 4 members (excludes halogenated alkanes) is 1. The number of hydrogen-bond donors (Lipinski definition) is 1. The van der Waals surface area contributed by atoms with Crippen molar-refractivity contribution in [1.82, 2.24) is 15.0 Å². The zero-order valence-corrected chi connectivity index (χ0v) is 28.6. The van der Waals surface area contributed by atoms with E-state index < -0.39 is 71.6 Å². The van der Waals surface area contributed by atoms with Crippen LogP contribution in [0.4, 0.5) is 61.6 Å². The number of anilines is 3.